The first-order valence-electron chi connectivity index (χ1n) is 5.10. The summed E-state index contributed by atoms with van der Waals surface area (Å²) in [5.74, 6) is -0.751. The number of carboxylic acids is 1. The maximum absolute atomic E-state index is 11.5. The third-order valence-electron chi connectivity index (χ3n) is 2.89. The number of likely N-dealkylation sites (N-methyl/N-ethyl adjacent to an activating group) is 1. The summed E-state index contributed by atoms with van der Waals surface area (Å²) in [4.78, 5) is 25.7. The minimum Gasteiger partial charge on any atom is -0.480 e. The van der Waals surface area contributed by atoms with Gasteiger partial charge in [-0.05, 0) is 18.9 Å². The maximum Gasteiger partial charge on any atom is 0.321 e. The largest absolute Gasteiger partial charge is 0.480 e. The number of hydrogen-bond acceptors (Lipinski definition) is 3. The van der Waals surface area contributed by atoms with Crippen molar-refractivity contribution in [1.29, 1.82) is 0 Å². The monoisotopic (exact) mass is 214 g/mol. The molecule has 15 heavy (non-hydrogen) atoms. The Labute approximate surface area is 89.7 Å². The van der Waals surface area contributed by atoms with Crippen LogP contribution in [0.1, 0.15) is 13.3 Å². The fraction of sp³-hybridized carbons (Fsp3) is 0.800. The van der Waals surface area contributed by atoms with E-state index in [1.165, 1.54) is 4.90 Å². The van der Waals surface area contributed by atoms with Gasteiger partial charge in [0.25, 0.3) is 0 Å². The van der Waals surface area contributed by atoms with Gasteiger partial charge in [0.2, 0.25) is 5.91 Å². The van der Waals surface area contributed by atoms with Crippen LogP contribution in [0.4, 0.5) is 0 Å². The molecule has 0 aromatic rings. The van der Waals surface area contributed by atoms with Crippen LogP contribution in [0.5, 0.6) is 0 Å². The molecule has 5 heteroatoms. The third kappa shape index (κ3) is 2.68. The van der Waals surface area contributed by atoms with Crippen LogP contribution in [0.3, 0.4) is 0 Å². The van der Waals surface area contributed by atoms with Crippen LogP contribution < -0.4 is 0 Å². The molecule has 1 fully saturated rings. The molecule has 0 radical (unpaired) electrons. The van der Waals surface area contributed by atoms with E-state index in [4.69, 9.17) is 5.11 Å². The van der Waals surface area contributed by atoms with Gasteiger partial charge in [0.05, 0.1) is 6.54 Å². The molecule has 1 rings (SSSR count). The Hall–Kier alpha value is -1.10. The zero-order valence-corrected chi connectivity index (χ0v) is 9.43. The van der Waals surface area contributed by atoms with Crippen molar-refractivity contribution >= 4 is 11.9 Å². The molecule has 2 unspecified atom stereocenters. The number of likely N-dealkylation sites (tertiary alicyclic amines) is 1. The predicted molar refractivity (Wildman–Crippen MR) is 55.5 cm³/mol. The Morgan fingerprint density at radius 1 is 1.47 bits per heavy atom. The summed E-state index contributed by atoms with van der Waals surface area (Å²) in [6, 6.07) is -0.506. The summed E-state index contributed by atoms with van der Waals surface area (Å²) in [6.45, 7) is 2.81. The smallest absolute Gasteiger partial charge is 0.321 e. The van der Waals surface area contributed by atoms with E-state index in [2.05, 4.69) is 0 Å². The molecule has 1 N–H and O–H groups in total. The lowest BCUT2D eigenvalue weighted by atomic mass is 10.0. The number of amides is 1. The minimum absolute atomic E-state index is 0.0460. The molecule has 0 saturated carbocycles. The summed E-state index contributed by atoms with van der Waals surface area (Å²) in [7, 11) is 3.36. The molecule has 0 aromatic carbocycles. The summed E-state index contributed by atoms with van der Waals surface area (Å²) < 4.78 is 0. The standard InChI is InChI=1S/C10H18N2O3/c1-7-4-5-12(9(7)10(14)15)6-8(13)11(2)3/h7,9H,4-6H2,1-3H3,(H,14,15). The van der Waals surface area contributed by atoms with E-state index in [-0.39, 0.29) is 18.4 Å². The number of carbonyl (C=O) groups excluding carboxylic acids is 1. The highest BCUT2D eigenvalue weighted by molar-refractivity contribution is 5.80. The Bertz CT molecular complexity index is 265. The van der Waals surface area contributed by atoms with E-state index >= 15 is 0 Å². The quantitative estimate of drug-likeness (QED) is 0.711. The van der Waals surface area contributed by atoms with Crippen LogP contribution in [0.25, 0.3) is 0 Å². The second-order valence-corrected chi connectivity index (χ2v) is 4.31. The van der Waals surface area contributed by atoms with Crippen molar-refractivity contribution < 1.29 is 14.7 Å². The van der Waals surface area contributed by atoms with Crippen molar-refractivity contribution in [3.63, 3.8) is 0 Å². The zero-order valence-electron chi connectivity index (χ0n) is 9.43. The van der Waals surface area contributed by atoms with E-state index in [9.17, 15) is 9.59 Å². The van der Waals surface area contributed by atoms with Crippen molar-refractivity contribution in [2.45, 2.75) is 19.4 Å². The number of rotatable bonds is 3. The molecule has 1 aliphatic rings. The number of carbonyl (C=O) groups is 2. The second-order valence-electron chi connectivity index (χ2n) is 4.31. The summed E-state index contributed by atoms with van der Waals surface area (Å²) >= 11 is 0. The van der Waals surface area contributed by atoms with Gasteiger partial charge in [-0.2, -0.15) is 0 Å². The maximum atomic E-state index is 11.5. The SMILES string of the molecule is CC1CCN(CC(=O)N(C)C)C1C(=O)O. The number of aliphatic carboxylic acids is 1. The minimum atomic E-state index is -0.827. The first kappa shape index (κ1) is 12.0. The predicted octanol–water partition coefficient (Wildman–Crippen LogP) is -0.130. The highest BCUT2D eigenvalue weighted by Gasteiger charge is 2.37. The Morgan fingerprint density at radius 2 is 2.07 bits per heavy atom. The Kier molecular flexibility index (Phi) is 3.68. The zero-order chi connectivity index (χ0) is 11.6. The van der Waals surface area contributed by atoms with E-state index in [1.807, 2.05) is 6.92 Å². The lowest BCUT2D eigenvalue weighted by molar-refractivity contribution is -0.144. The van der Waals surface area contributed by atoms with Crippen LogP contribution in [-0.2, 0) is 9.59 Å². The lowest BCUT2D eigenvalue weighted by Crippen LogP contribution is -2.44. The Balaban J connectivity index is 2.62. The Morgan fingerprint density at radius 3 is 2.53 bits per heavy atom. The molecule has 1 heterocycles. The van der Waals surface area contributed by atoms with Crippen molar-refractivity contribution in [2.75, 3.05) is 27.2 Å². The molecule has 1 aliphatic heterocycles. The highest BCUT2D eigenvalue weighted by atomic mass is 16.4. The van der Waals surface area contributed by atoms with Gasteiger partial charge in [0, 0.05) is 14.1 Å². The molecule has 0 aromatic heterocycles. The first-order valence-corrected chi connectivity index (χ1v) is 5.10. The molecule has 1 amide bonds. The van der Waals surface area contributed by atoms with Gasteiger partial charge in [-0.1, -0.05) is 6.92 Å². The van der Waals surface area contributed by atoms with Crippen LogP contribution in [0.15, 0.2) is 0 Å². The molecule has 0 bridgehead atoms. The van der Waals surface area contributed by atoms with Crippen LogP contribution in [0.2, 0.25) is 0 Å². The van der Waals surface area contributed by atoms with Gasteiger partial charge in [0.1, 0.15) is 6.04 Å². The summed E-state index contributed by atoms with van der Waals surface area (Å²) in [6.07, 6.45) is 0.845. The molecular formula is C10H18N2O3. The van der Waals surface area contributed by atoms with Gasteiger partial charge < -0.3 is 10.0 Å². The van der Waals surface area contributed by atoms with Crippen molar-refractivity contribution in [3.8, 4) is 0 Å². The van der Waals surface area contributed by atoms with Crippen molar-refractivity contribution in [3.05, 3.63) is 0 Å². The first-order chi connectivity index (χ1) is 6.93. The van der Waals surface area contributed by atoms with Crippen LogP contribution in [0, 0.1) is 5.92 Å². The second kappa shape index (κ2) is 4.61. The molecule has 1 saturated heterocycles. The highest BCUT2D eigenvalue weighted by Crippen LogP contribution is 2.23. The van der Waals surface area contributed by atoms with Crippen LogP contribution >= 0.6 is 0 Å². The van der Waals surface area contributed by atoms with Gasteiger partial charge in [-0.15, -0.1) is 0 Å². The average molecular weight is 214 g/mol. The third-order valence-corrected chi connectivity index (χ3v) is 2.89. The summed E-state index contributed by atoms with van der Waals surface area (Å²) in [5.41, 5.74) is 0. The molecule has 2 atom stereocenters. The van der Waals surface area contributed by atoms with Gasteiger partial charge in [-0.3, -0.25) is 14.5 Å². The van der Waals surface area contributed by atoms with E-state index in [0.29, 0.717) is 6.54 Å². The van der Waals surface area contributed by atoms with E-state index < -0.39 is 12.0 Å². The fourth-order valence-electron chi connectivity index (χ4n) is 1.92. The molecule has 0 spiro atoms. The fourth-order valence-corrected chi connectivity index (χ4v) is 1.92. The van der Waals surface area contributed by atoms with Gasteiger partial charge in [0.15, 0.2) is 0 Å². The molecule has 86 valence electrons. The molecule has 5 nitrogen and oxygen atoms in total. The van der Waals surface area contributed by atoms with Gasteiger partial charge >= 0.3 is 5.97 Å². The number of hydrogen-bond donors (Lipinski definition) is 1. The number of nitrogens with zero attached hydrogens (tertiary/aromatic N) is 2. The number of carboxylic acid groups (broad SMARTS) is 1. The van der Waals surface area contributed by atoms with E-state index in [0.717, 1.165) is 6.42 Å². The normalized spacial score (nSPS) is 26.6. The van der Waals surface area contributed by atoms with Crippen LogP contribution in [-0.4, -0.2) is 60.0 Å². The van der Waals surface area contributed by atoms with Gasteiger partial charge in [-0.25, -0.2) is 0 Å². The van der Waals surface area contributed by atoms with Crippen molar-refractivity contribution in [2.24, 2.45) is 5.92 Å². The molecular weight excluding hydrogens is 196 g/mol. The summed E-state index contributed by atoms with van der Waals surface area (Å²) in [5, 5.41) is 9.04. The van der Waals surface area contributed by atoms with E-state index in [1.54, 1.807) is 19.0 Å². The lowest BCUT2D eigenvalue weighted by Gasteiger charge is -2.23. The molecule has 0 aliphatic carbocycles. The van der Waals surface area contributed by atoms with Crippen molar-refractivity contribution in [1.82, 2.24) is 9.80 Å². The topological polar surface area (TPSA) is 60.9 Å². The average Bonchev–Trinajstić information content (AvgIpc) is 2.46.